The summed E-state index contributed by atoms with van der Waals surface area (Å²) < 4.78 is 5.44. The van der Waals surface area contributed by atoms with Crippen LogP contribution in [-0.2, 0) is 10.3 Å². The Hall–Kier alpha value is -3.69. The van der Waals surface area contributed by atoms with Crippen LogP contribution in [0.5, 0.6) is 0 Å². The lowest BCUT2D eigenvalue weighted by Crippen LogP contribution is -2.40. The Morgan fingerprint density at radius 1 is 1.03 bits per heavy atom. The molecule has 1 saturated heterocycles. The van der Waals surface area contributed by atoms with Gasteiger partial charge in [-0.15, -0.1) is 11.3 Å². The van der Waals surface area contributed by atoms with Gasteiger partial charge in [-0.3, -0.25) is 14.7 Å². The SMILES string of the molecule is CC(C)(NC(=O)c1cc2c(NC(=O)c3ccccc3N3CCOCC3)n[nH]c2s1)c1ccccc1. The summed E-state index contributed by atoms with van der Waals surface area (Å²) in [6.07, 6.45) is 0. The van der Waals surface area contributed by atoms with Gasteiger partial charge in [0.2, 0.25) is 0 Å². The van der Waals surface area contributed by atoms with Crippen molar-refractivity contribution in [2.75, 3.05) is 36.5 Å². The molecule has 5 rings (SSSR count). The van der Waals surface area contributed by atoms with E-state index in [1.807, 2.05) is 68.4 Å². The number of carbonyl (C=O) groups is 2. The highest BCUT2D eigenvalue weighted by Crippen LogP contribution is 2.31. The van der Waals surface area contributed by atoms with Crippen LogP contribution in [0.3, 0.4) is 0 Å². The fourth-order valence-electron chi connectivity index (χ4n) is 4.22. The number of fused-ring (bicyclic) bond motifs is 1. The van der Waals surface area contributed by atoms with E-state index in [-0.39, 0.29) is 11.8 Å². The molecule has 0 unspecified atom stereocenters. The number of aromatic nitrogens is 2. The summed E-state index contributed by atoms with van der Waals surface area (Å²) in [5, 5.41) is 13.9. The molecular weight excluding hydrogens is 462 g/mol. The Labute approximate surface area is 207 Å². The molecule has 3 heterocycles. The molecule has 35 heavy (non-hydrogen) atoms. The molecule has 3 N–H and O–H groups in total. The fourth-order valence-corrected chi connectivity index (χ4v) is 5.11. The van der Waals surface area contributed by atoms with Crippen LogP contribution in [0.2, 0.25) is 0 Å². The molecule has 0 spiro atoms. The van der Waals surface area contributed by atoms with E-state index in [2.05, 4.69) is 25.7 Å². The first-order valence-corrected chi connectivity index (χ1v) is 12.3. The molecule has 0 aliphatic carbocycles. The van der Waals surface area contributed by atoms with Gasteiger partial charge >= 0.3 is 0 Å². The van der Waals surface area contributed by atoms with Crippen molar-refractivity contribution in [3.8, 4) is 0 Å². The summed E-state index contributed by atoms with van der Waals surface area (Å²) in [4.78, 5) is 29.7. The summed E-state index contributed by atoms with van der Waals surface area (Å²) in [5.74, 6) is -0.0225. The van der Waals surface area contributed by atoms with E-state index in [0.29, 0.717) is 34.9 Å². The number of nitrogens with zero attached hydrogens (tertiary/aromatic N) is 2. The maximum Gasteiger partial charge on any atom is 0.262 e. The fraction of sp³-hybridized carbons (Fsp3) is 0.269. The highest BCUT2D eigenvalue weighted by Gasteiger charge is 2.25. The summed E-state index contributed by atoms with van der Waals surface area (Å²) in [5.41, 5.74) is 1.93. The van der Waals surface area contributed by atoms with Crippen molar-refractivity contribution in [2.45, 2.75) is 19.4 Å². The Kier molecular flexibility index (Phi) is 6.27. The van der Waals surface area contributed by atoms with Gasteiger partial charge in [-0.05, 0) is 37.6 Å². The molecule has 1 aliphatic rings. The van der Waals surface area contributed by atoms with E-state index in [9.17, 15) is 9.59 Å². The largest absolute Gasteiger partial charge is 0.378 e. The minimum atomic E-state index is -0.533. The first-order valence-electron chi connectivity index (χ1n) is 11.5. The summed E-state index contributed by atoms with van der Waals surface area (Å²) in [6, 6.07) is 19.1. The summed E-state index contributed by atoms with van der Waals surface area (Å²) in [7, 11) is 0. The minimum absolute atomic E-state index is 0.177. The van der Waals surface area contributed by atoms with E-state index < -0.39 is 5.54 Å². The number of H-pyrrole nitrogens is 1. The van der Waals surface area contributed by atoms with Gasteiger partial charge in [-0.1, -0.05) is 42.5 Å². The van der Waals surface area contributed by atoms with Gasteiger partial charge in [0.25, 0.3) is 11.8 Å². The van der Waals surface area contributed by atoms with Crippen molar-refractivity contribution in [3.63, 3.8) is 0 Å². The average Bonchev–Trinajstić information content (AvgIpc) is 3.47. The van der Waals surface area contributed by atoms with E-state index in [0.717, 1.165) is 29.2 Å². The molecule has 0 bridgehead atoms. The number of aromatic amines is 1. The lowest BCUT2D eigenvalue weighted by Gasteiger charge is -2.30. The molecule has 180 valence electrons. The molecule has 8 nitrogen and oxygen atoms in total. The van der Waals surface area contributed by atoms with Gasteiger partial charge in [0.1, 0.15) is 4.83 Å². The highest BCUT2D eigenvalue weighted by atomic mass is 32.1. The number of morpholine rings is 1. The Bertz CT molecular complexity index is 1360. The summed E-state index contributed by atoms with van der Waals surface area (Å²) in [6.45, 7) is 6.68. The second-order valence-corrected chi connectivity index (χ2v) is 9.99. The zero-order chi connectivity index (χ0) is 24.4. The van der Waals surface area contributed by atoms with Crippen LogP contribution >= 0.6 is 11.3 Å². The zero-order valence-corrected chi connectivity index (χ0v) is 20.4. The molecule has 4 aromatic rings. The van der Waals surface area contributed by atoms with Crippen LogP contribution in [0.4, 0.5) is 11.5 Å². The predicted molar refractivity (Wildman–Crippen MR) is 138 cm³/mol. The smallest absolute Gasteiger partial charge is 0.262 e. The third-order valence-corrected chi connectivity index (χ3v) is 7.17. The van der Waals surface area contributed by atoms with Gasteiger partial charge in [0.15, 0.2) is 5.82 Å². The standard InChI is InChI=1S/C26H27N5O3S/c1-26(2,17-8-4-3-5-9-17)28-24(33)21-16-19-22(29-30-25(19)35-21)27-23(32)18-10-6-7-11-20(18)31-12-14-34-15-13-31/h3-11,16H,12-15H2,1-2H3,(H,28,33)(H2,27,29,30,32). The number of benzene rings is 2. The van der Waals surface area contributed by atoms with Crippen LogP contribution in [0.15, 0.2) is 60.7 Å². The van der Waals surface area contributed by atoms with E-state index in [4.69, 9.17) is 4.74 Å². The molecule has 0 saturated carbocycles. The van der Waals surface area contributed by atoms with Crippen molar-refractivity contribution in [3.05, 3.63) is 76.7 Å². The quantitative estimate of drug-likeness (QED) is 0.373. The number of hydrogen-bond acceptors (Lipinski definition) is 6. The molecular formula is C26H27N5O3S. The number of rotatable bonds is 6. The second-order valence-electron chi connectivity index (χ2n) is 8.94. The van der Waals surface area contributed by atoms with Crippen molar-refractivity contribution in [2.24, 2.45) is 0 Å². The molecule has 1 fully saturated rings. The molecule has 9 heteroatoms. The number of thiophene rings is 1. The Morgan fingerprint density at radius 3 is 2.51 bits per heavy atom. The number of para-hydroxylation sites is 1. The average molecular weight is 490 g/mol. The van der Waals surface area contributed by atoms with Crippen molar-refractivity contribution < 1.29 is 14.3 Å². The Balaban J connectivity index is 1.35. The maximum atomic E-state index is 13.2. The van der Waals surface area contributed by atoms with Crippen LogP contribution in [0.1, 0.15) is 39.4 Å². The first kappa shape index (κ1) is 23.1. The summed E-state index contributed by atoms with van der Waals surface area (Å²) >= 11 is 1.31. The van der Waals surface area contributed by atoms with E-state index in [1.165, 1.54) is 11.3 Å². The van der Waals surface area contributed by atoms with Crippen LogP contribution in [0.25, 0.3) is 10.2 Å². The molecule has 0 atom stereocenters. The first-order chi connectivity index (χ1) is 16.9. The molecule has 0 radical (unpaired) electrons. The van der Waals surface area contributed by atoms with Gasteiger partial charge < -0.3 is 20.3 Å². The van der Waals surface area contributed by atoms with Crippen molar-refractivity contribution in [1.82, 2.24) is 15.5 Å². The molecule has 2 aromatic heterocycles. The van der Waals surface area contributed by atoms with Crippen molar-refractivity contribution in [1.29, 1.82) is 0 Å². The molecule has 2 amide bonds. The molecule has 2 aromatic carbocycles. The zero-order valence-electron chi connectivity index (χ0n) is 19.6. The maximum absolute atomic E-state index is 13.2. The lowest BCUT2D eigenvalue weighted by molar-refractivity contribution is 0.0915. The number of hydrogen-bond donors (Lipinski definition) is 3. The van der Waals surface area contributed by atoms with Crippen LogP contribution in [-0.4, -0.2) is 48.3 Å². The topological polar surface area (TPSA) is 99.3 Å². The third kappa shape index (κ3) is 4.78. The second kappa shape index (κ2) is 9.52. The van der Waals surface area contributed by atoms with Gasteiger partial charge in [0.05, 0.1) is 34.6 Å². The highest BCUT2D eigenvalue weighted by molar-refractivity contribution is 7.20. The normalized spacial score (nSPS) is 14.2. The minimum Gasteiger partial charge on any atom is -0.378 e. The van der Waals surface area contributed by atoms with Gasteiger partial charge in [-0.2, -0.15) is 5.10 Å². The van der Waals surface area contributed by atoms with Gasteiger partial charge in [0, 0.05) is 18.8 Å². The molecule has 1 aliphatic heterocycles. The van der Waals surface area contributed by atoms with Crippen LogP contribution in [0, 0.1) is 0 Å². The number of amides is 2. The number of nitrogens with one attached hydrogen (secondary N) is 3. The monoisotopic (exact) mass is 489 g/mol. The van der Waals surface area contributed by atoms with Gasteiger partial charge in [-0.25, -0.2) is 0 Å². The van der Waals surface area contributed by atoms with Crippen LogP contribution < -0.4 is 15.5 Å². The number of carbonyl (C=O) groups excluding carboxylic acids is 2. The third-order valence-electron chi connectivity index (χ3n) is 6.13. The van der Waals surface area contributed by atoms with Crippen molar-refractivity contribution >= 4 is 44.9 Å². The number of ether oxygens (including phenoxy) is 1. The Morgan fingerprint density at radius 2 is 1.74 bits per heavy atom. The van der Waals surface area contributed by atoms with E-state index in [1.54, 1.807) is 6.07 Å². The number of anilines is 2. The van der Waals surface area contributed by atoms with E-state index >= 15 is 0 Å². The lowest BCUT2D eigenvalue weighted by atomic mass is 9.94. The predicted octanol–water partition coefficient (Wildman–Crippen LogP) is 4.38.